The van der Waals surface area contributed by atoms with Crippen molar-refractivity contribution in [2.24, 2.45) is 5.92 Å². The van der Waals surface area contributed by atoms with Crippen LogP contribution in [0.1, 0.15) is 18.4 Å². The van der Waals surface area contributed by atoms with Crippen LogP contribution in [0.15, 0.2) is 27.6 Å². The summed E-state index contributed by atoms with van der Waals surface area (Å²) < 4.78 is 27.0. The van der Waals surface area contributed by atoms with Crippen LogP contribution in [0.4, 0.5) is 0 Å². The average molecular weight is 347 g/mol. The van der Waals surface area contributed by atoms with Gasteiger partial charge >= 0.3 is 0 Å². The van der Waals surface area contributed by atoms with Gasteiger partial charge in [0, 0.05) is 24.6 Å². The largest absolute Gasteiger partial charge is 0.316 e. The fourth-order valence-corrected chi connectivity index (χ4v) is 4.33. The van der Waals surface area contributed by atoms with Gasteiger partial charge < -0.3 is 5.32 Å². The molecule has 19 heavy (non-hydrogen) atoms. The lowest BCUT2D eigenvalue weighted by Gasteiger charge is -2.18. The highest BCUT2D eigenvalue weighted by Gasteiger charge is 2.30. The van der Waals surface area contributed by atoms with Gasteiger partial charge in [0.25, 0.3) is 0 Å². The van der Waals surface area contributed by atoms with E-state index in [1.807, 2.05) is 19.2 Å². The first-order valence-corrected chi connectivity index (χ1v) is 8.58. The molecule has 1 fully saturated rings. The number of hydrogen-bond acceptors (Lipinski definition) is 3. The van der Waals surface area contributed by atoms with Crippen molar-refractivity contribution in [1.82, 2.24) is 9.62 Å². The number of sulfonamides is 1. The standard InChI is InChI=1S/C13H19BrN2O2S/c1-15-8-11-5-6-13(12(14)7-11)19(17,18)16(2)9-10-3-4-10/h5-7,10,15H,3-4,8-9H2,1-2H3. The van der Waals surface area contributed by atoms with Crippen LogP contribution in [-0.4, -0.2) is 33.4 Å². The normalized spacial score (nSPS) is 16.0. The van der Waals surface area contributed by atoms with Crippen LogP contribution in [-0.2, 0) is 16.6 Å². The summed E-state index contributed by atoms with van der Waals surface area (Å²) in [6.45, 7) is 1.34. The first-order valence-electron chi connectivity index (χ1n) is 6.34. The second kappa shape index (κ2) is 5.91. The molecule has 0 aromatic heterocycles. The third-order valence-electron chi connectivity index (χ3n) is 3.28. The summed E-state index contributed by atoms with van der Waals surface area (Å²) in [4.78, 5) is 0.343. The minimum atomic E-state index is -3.39. The second-order valence-corrected chi connectivity index (χ2v) is 7.89. The summed E-state index contributed by atoms with van der Waals surface area (Å²) in [5.41, 5.74) is 1.05. The molecule has 0 aliphatic heterocycles. The third kappa shape index (κ3) is 3.56. The Hall–Kier alpha value is -0.430. The van der Waals surface area contributed by atoms with E-state index in [9.17, 15) is 8.42 Å². The van der Waals surface area contributed by atoms with Crippen LogP contribution in [0.25, 0.3) is 0 Å². The van der Waals surface area contributed by atoms with Crippen molar-refractivity contribution in [3.8, 4) is 0 Å². The molecule has 0 heterocycles. The van der Waals surface area contributed by atoms with E-state index in [1.165, 1.54) is 4.31 Å². The summed E-state index contributed by atoms with van der Waals surface area (Å²) in [5.74, 6) is 0.544. The maximum Gasteiger partial charge on any atom is 0.243 e. The van der Waals surface area contributed by atoms with Crippen LogP contribution in [0, 0.1) is 5.92 Å². The Morgan fingerprint density at radius 1 is 1.42 bits per heavy atom. The van der Waals surface area contributed by atoms with Gasteiger partial charge in [0.2, 0.25) is 10.0 Å². The van der Waals surface area contributed by atoms with E-state index >= 15 is 0 Å². The predicted molar refractivity (Wildman–Crippen MR) is 79.4 cm³/mol. The molecule has 0 amide bonds. The molecule has 2 rings (SSSR count). The number of rotatable bonds is 6. The van der Waals surface area contributed by atoms with E-state index in [0.29, 0.717) is 21.8 Å². The first-order chi connectivity index (χ1) is 8.95. The minimum Gasteiger partial charge on any atom is -0.316 e. The van der Waals surface area contributed by atoms with Gasteiger partial charge in [-0.2, -0.15) is 0 Å². The molecule has 106 valence electrons. The van der Waals surface area contributed by atoms with Crippen LogP contribution in [0.5, 0.6) is 0 Å². The zero-order valence-corrected chi connectivity index (χ0v) is 13.6. The topological polar surface area (TPSA) is 49.4 Å². The Labute approximate surface area is 123 Å². The van der Waals surface area contributed by atoms with E-state index < -0.39 is 10.0 Å². The highest BCUT2D eigenvalue weighted by molar-refractivity contribution is 9.10. The van der Waals surface area contributed by atoms with E-state index in [-0.39, 0.29) is 0 Å². The van der Waals surface area contributed by atoms with E-state index in [1.54, 1.807) is 13.1 Å². The van der Waals surface area contributed by atoms with Crippen LogP contribution >= 0.6 is 15.9 Å². The molecule has 1 aliphatic rings. The van der Waals surface area contributed by atoms with Crippen LogP contribution in [0.3, 0.4) is 0 Å². The van der Waals surface area contributed by atoms with Crippen molar-refractivity contribution in [3.63, 3.8) is 0 Å². The van der Waals surface area contributed by atoms with Gasteiger partial charge in [-0.15, -0.1) is 0 Å². The summed E-state index contributed by atoms with van der Waals surface area (Å²) in [6, 6.07) is 5.38. The van der Waals surface area contributed by atoms with Crippen molar-refractivity contribution in [2.45, 2.75) is 24.3 Å². The molecule has 4 nitrogen and oxygen atoms in total. The predicted octanol–water partition coefficient (Wildman–Crippen LogP) is 2.20. The number of nitrogens with zero attached hydrogens (tertiary/aromatic N) is 1. The Morgan fingerprint density at radius 3 is 2.63 bits per heavy atom. The maximum atomic E-state index is 12.5. The summed E-state index contributed by atoms with van der Waals surface area (Å²) >= 11 is 3.37. The molecule has 6 heteroatoms. The molecule has 0 atom stereocenters. The molecule has 0 spiro atoms. The summed E-state index contributed by atoms with van der Waals surface area (Å²) in [7, 11) is 0.127. The quantitative estimate of drug-likeness (QED) is 0.858. The van der Waals surface area contributed by atoms with Gasteiger partial charge in [-0.05, 0) is 59.4 Å². The molecule has 0 bridgehead atoms. The zero-order valence-electron chi connectivity index (χ0n) is 11.2. The smallest absolute Gasteiger partial charge is 0.243 e. The summed E-state index contributed by atoms with van der Waals surface area (Å²) in [5, 5.41) is 3.05. The fourth-order valence-electron chi connectivity index (χ4n) is 2.00. The van der Waals surface area contributed by atoms with Crippen molar-refractivity contribution in [3.05, 3.63) is 28.2 Å². The van der Waals surface area contributed by atoms with Crippen LogP contribution in [0.2, 0.25) is 0 Å². The van der Waals surface area contributed by atoms with Gasteiger partial charge in [0.15, 0.2) is 0 Å². The molecule has 0 unspecified atom stereocenters. The molecule has 0 saturated heterocycles. The SMILES string of the molecule is CNCc1ccc(S(=O)(=O)N(C)CC2CC2)c(Br)c1. The van der Waals surface area contributed by atoms with Crippen molar-refractivity contribution in [1.29, 1.82) is 0 Å². The van der Waals surface area contributed by atoms with Gasteiger partial charge in [-0.1, -0.05) is 6.07 Å². The zero-order chi connectivity index (χ0) is 14.0. The molecule has 1 aromatic rings. The van der Waals surface area contributed by atoms with Crippen molar-refractivity contribution >= 4 is 26.0 Å². The molecular weight excluding hydrogens is 328 g/mol. The van der Waals surface area contributed by atoms with Gasteiger partial charge in [-0.25, -0.2) is 12.7 Å². The molecule has 0 radical (unpaired) electrons. The van der Waals surface area contributed by atoms with E-state index in [2.05, 4.69) is 21.2 Å². The first kappa shape index (κ1) is 15.0. The van der Waals surface area contributed by atoms with Gasteiger partial charge in [-0.3, -0.25) is 0 Å². The maximum absolute atomic E-state index is 12.5. The minimum absolute atomic E-state index is 0.343. The van der Waals surface area contributed by atoms with E-state index in [0.717, 1.165) is 24.9 Å². The summed E-state index contributed by atoms with van der Waals surface area (Å²) in [6.07, 6.45) is 2.28. The van der Waals surface area contributed by atoms with Gasteiger partial charge in [0.1, 0.15) is 0 Å². The highest BCUT2D eigenvalue weighted by Crippen LogP contribution is 2.32. The molecule has 1 N–H and O–H groups in total. The molecule has 1 saturated carbocycles. The Morgan fingerprint density at radius 2 is 2.11 bits per heavy atom. The Balaban J connectivity index is 2.23. The number of halogens is 1. The second-order valence-electron chi connectivity index (χ2n) is 5.02. The average Bonchev–Trinajstić information content (AvgIpc) is 3.13. The molecule has 1 aliphatic carbocycles. The lowest BCUT2D eigenvalue weighted by atomic mass is 10.2. The molecular formula is C13H19BrN2O2S. The molecule has 1 aromatic carbocycles. The third-order valence-corrected chi connectivity index (χ3v) is 6.08. The van der Waals surface area contributed by atoms with Crippen molar-refractivity contribution in [2.75, 3.05) is 20.6 Å². The highest BCUT2D eigenvalue weighted by atomic mass is 79.9. The van der Waals surface area contributed by atoms with Gasteiger partial charge in [0.05, 0.1) is 4.90 Å². The monoisotopic (exact) mass is 346 g/mol. The Kier molecular flexibility index (Phi) is 4.66. The van der Waals surface area contributed by atoms with Crippen molar-refractivity contribution < 1.29 is 8.42 Å². The van der Waals surface area contributed by atoms with Crippen LogP contribution < -0.4 is 5.32 Å². The Bertz CT molecular complexity index is 556. The lowest BCUT2D eigenvalue weighted by molar-refractivity contribution is 0.452. The number of nitrogens with one attached hydrogen (secondary N) is 1. The lowest BCUT2D eigenvalue weighted by Crippen LogP contribution is -2.29. The number of benzene rings is 1. The number of hydrogen-bond donors (Lipinski definition) is 1. The fraction of sp³-hybridized carbons (Fsp3) is 0.538. The van der Waals surface area contributed by atoms with E-state index in [4.69, 9.17) is 0 Å².